The molecule has 0 aliphatic carbocycles. The van der Waals surface area contributed by atoms with Gasteiger partial charge in [0.25, 0.3) is 0 Å². The lowest BCUT2D eigenvalue weighted by molar-refractivity contribution is -0.170. The molecule has 0 radical (unpaired) electrons. The maximum Gasteiger partial charge on any atom is 0.336 e. The number of methoxy groups -OCH3 is 1. The Bertz CT molecular complexity index is 1100. The smallest absolute Gasteiger partial charge is 0.336 e. The molecule has 0 unspecified atom stereocenters. The Balaban J connectivity index is 0.000000251. The third-order valence-corrected chi connectivity index (χ3v) is 6.23. The van der Waals surface area contributed by atoms with E-state index in [-0.39, 0.29) is 0 Å². The summed E-state index contributed by atoms with van der Waals surface area (Å²) < 4.78 is 5.36. The number of hydrogen-bond acceptors (Lipinski definition) is 9. The number of carboxylic acid groups (broad SMARTS) is 3. The number of aromatic nitrogens is 2. The number of aliphatic hydroxyl groups is 1. The lowest BCUT2D eigenvalue weighted by atomic mass is 9.96. The first kappa shape index (κ1) is 27.7. The fourth-order valence-corrected chi connectivity index (χ4v) is 4.39. The lowest BCUT2D eigenvalue weighted by Crippen LogP contribution is -2.42. The van der Waals surface area contributed by atoms with E-state index in [1.54, 1.807) is 7.11 Å². The monoisotopic (exact) mass is 516 g/mol. The van der Waals surface area contributed by atoms with Crippen molar-refractivity contribution in [1.29, 1.82) is 0 Å². The number of benzene rings is 1. The van der Waals surface area contributed by atoms with Crippen LogP contribution in [0, 0.1) is 0 Å². The van der Waals surface area contributed by atoms with Crippen molar-refractivity contribution in [1.82, 2.24) is 9.97 Å². The summed E-state index contributed by atoms with van der Waals surface area (Å²) in [4.78, 5) is 44.5. The summed E-state index contributed by atoms with van der Waals surface area (Å²) in [7, 11) is 1.73. The first-order valence-electron chi connectivity index (χ1n) is 12.0. The number of carboxylic acids is 3. The summed E-state index contributed by atoms with van der Waals surface area (Å²) in [5, 5.41) is 33.8. The standard InChI is InChI=1S/C19H24N4O.C6H8O7/c1-24-17-6-7-18-15(13-17)5-4-12-23(18)14-16-8-9-20-19(21-16)22-10-2-3-11-22;7-3(8)1-6(13,5(11)12)2-4(9)10/h6-9,13H,2-5,10-12,14H2,1H3;13H,1-2H2,(H,7,8)(H,9,10)(H,11,12). The number of nitrogens with zero attached hydrogens (tertiary/aromatic N) is 4. The second-order valence-electron chi connectivity index (χ2n) is 9.04. The predicted molar refractivity (Wildman–Crippen MR) is 133 cm³/mol. The molecule has 2 aliphatic rings. The molecule has 1 saturated heterocycles. The van der Waals surface area contributed by atoms with Gasteiger partial charge in [0.05, 0.1) is 32.2 Å². The molecule has 1 aromatic carbocycles. The van der Waals surface area contributed by atoms with E-state index in [1.165, 1.54) is 30.5 Å². The largest absolute Gasteiger partial charge is 0.497 e. The van der Waals surface area contributed by atoms with Gasteiger partial charge in [0.15, 0.2) is 5.60 Å². The minimum Gasteiger partial charge on any atom is -0.497 e. The molecule has 0 atom stereocenters. The van der Waals surface area contributed by atoms with Gasteiger partial charge in [-0.1, -0.05) is 0 Å². The van der Waals surface area contributed by atoms with Crippen LogP contribution in [0.3, 0.4) is 0 Å². The van der Waals surface area contributed by atoms with Crippen molar-refractivity contribution < 1.29 is 39.5 Å². The number of rotatable bonds is 9. The molecule has 0 amide bonds. The van der Waals surface area contributed by atoms with Crippen LogP contribution in [-0.2, 0) is 27.3 Å². The predicted octanol–water partition coefficient (Wildman–Crippen LogP) is 1.79. The Hall–Kier alpha value is -3.93. The van der Waals surface area contributed by atoms with Gasteiger partial charge < -0.3 is 35.0 Å². The van der Waals surface area contributed by atoms with Gasteiger partial charge in [0, 0.05) is 31.5 Å². The van der Waals surface area contributed by atoms with Crippen LogP contribution in [-0.4, -0.2) is 80.6 Å². The van der Waals surface area contributed by atoms with Crippen molar-refractivity contribution in [3.63, 3.8) is 0 Å². The minimum atomic E-state index is -2.74. The number of aryl methyl sites for hydroxylation is 1. The summed E-state index contributed by atoms with van der Waals surface area (Å²) in [5.41, 5.74) is 1.03. The summed E-state index contributed by atoms with van der Waals surface area (Å²) in [6, 6.07) is 8.43. The lowest BCUT2D eigenvalue weighted by Gasteiger charge is -2.31. The van der Waals surface area contributed by atoms with Crippen molar-refractivity contribution in [2.24, 2.45) is 0 Å². The Morgan fingerprint density at radius 3 is 2.27 bits per heavy atom. The van der Waals surface area contributed by atoms with Crippen LogP contribution in [0.15, 0.2) is 30.5 Å². The summed E-state index contributed by atoms with van der Waals surface area (Å²) >= 11 is 0. The Morgan fingerprint density at radius 2 is 1.68 bits per heavy atom. The highest BCUT2D eigenvalue weighted by atomic mass is 16.5. The van der Waals surface area contributed by atoms with Crippen LogP contribution in [0.4, 0.5) is 11.6 Å². The van der Waals surface area contributed by atoms with Crippen molar-refractivity contribution in [3.8, 4) is 5.75 Å². The van der Waals surface area contributed by atoms with E-state index >= 15 is 0 Å². The normalized spacial score (nSPS) is 14.9. The van der Waals surface area contributed by atoms with E-state index in [1.807, 2.05) is 18.3 Å². The second kappa shape index (κ2) is 12.3. The molecule has 0 spiro atoms. The topological polar surface area (TPSA) is 174 Å². The van der Waals surface area contributed by atoms with Crippen LogP contribution < -0.4 is 14.5 Å². The Morgan fingerprint density at radius 1 is 1.00 bits per heavy atom. The van der Waals surface area contributed by atoms with Crippen LogP contribution in [0.1, 0.15) is 43.4 Å². The van der Waals surface area contributed by atoms with Gasteiger partial charge in [-0.3, -0.25) is 9.59 Å². The molecule has 0 saturated carbocycles. The molecule has 4 N–H and O–H groups in total. The van der Waals surface area contributed by atoms with Crippen molar-refractivity contribution in [3.05, 3.63) is 41.7 Å². The van der Waals surface area contributed by atoms with Gasteiger partial charge in [0.2, 0.25) is 5.95 Å². The quantitative estimate of drug-likeness (QED) is 0.381. The summed E-state index contributed by atoms with van der Waals surface area (Å²) in [6.45, 7) is 4.07. The van der Waals surface area contributed by atoms with Crippen LogP contribution >= 0.6 is 0 Å². The van der Waals surface area contributed by atoms with E-state index in [0.29, 0.717) is 0 Å². The number of anilines is 2. The van der Waals surface area contributed by atoms with Gasteiger partial charge in [-0.15, -0.1) is 0 Å². The van der Waals surface area contributed by atoms with Gasteiger partial charge in [-0.05, 0) is 55.5 Å². The van der Waals surface area contributed by atoms with Gasteiger partial charge in [-0.2, -0.15) is 0 Å². The van der Waals surface area contributed by atoms with Crippen molar-refractivity contribution in [2.45, 2.75) is 50.7 Å². The molecule has 200 valence electrons. The molecular formula is C25H32N4O8. The molecule has 4 rings (SSSR count). The zero-order valence-electron chi connectivity index (χ0n) is 20.7. The zero-order valence-corrected chi connectivity index (χ0v) is 20.7. The molecule has 0 bridgehead atoms. The third kappa shape index (κ3) is 7.53. The van der Waals surface area contributed by atoms with Gasteiger partial charge in [0.1, 0.15) is 5.75 Å². The highest BCUT2D eigenvalue weighted by Crippen LogP contribution is 2.31. The van der Waals surface area contributed by atoms with E-state index < -0.39 is 36.4 Å². The molecule has 37 heavy (non-hydrogen) atoms. The van der Waals surface area contributed by atoms with Crippen molar-refractivity contribution in [2.75, 3.05) is 36.5 Å². The number of fused-ring (bicyclic) bond motifs is 1. The molecular weight excluding hydrogens is 484 g/mol. The molecule has 1 fully saturated rings. The summed E-state index contributed by atoms with van der Waals surface area (Å²) in [6.07, 6.45) is 4.39. The SMILES string of the molecule is COc1ccc2c(c1)CCCN2Cc1ccnc(N2CCCC2)n1.O=C(O)CC(O)(CC(=O)O)C(=O)O. The maximum atomic E-state index is 10.3. The molecule has 3 heterocycles. The fraction of sp³-hybridized carbons (Fsp3) is 0.480. The van der Waals surface area contributed by atoms with Crippen LogP contribution in [0.5, 0.6) is 5.75 Å². The molecule has 2 aromatic rings. The Kier molecular flexibility index (Phi) is 9.23. The second-order valence-corrected chi connectivity index (χ2v) is 9.04. The summed E-state index contributed by atoms with van der Waals surface area (Å²) in [5.74, 6) is -3.19. The van der Waals surface area contributed by atoms with E-state index in [2.05, 4.69) is 26.9 Å². The van der Waals surface area contributed by atoms with Crippen LogP contribution in [0.2, 0.25) is 0 Å². The number of carbonyl (C=O) groups is 3. The van der Waals surface area contributed by atoms with Crippen LogP contribution in [0.25, 0.3) is 0 Å². The molecule has 12 heteroatoms. The van der Waals surface area contributed by atoms with Crippen molar-refractivity contribution >= 4 is 29.5 Å². The fourth-order valence-electron chi connectivity index (χ4n) is 4.39. The van der Waals surface area contributed by atoms with E-state index in [9.17, 15) is 14.4 Å². The highest BCUT2D eigenvalue weighted by Gasteiger charge is 2.40. The van der Waals surface area contributed by atoms with Gasteiger partial charge >= 0.3 is 17.9 Å². The maximum absolute atomic E-state index is 10.3. The zero-order chi connectivity index (χ0) is 27.0. The average molecular weight is 517 g/mol. The minimum absolute atomic E-state index is 0.836. The van der Waals surface area contributed by atoms with E-state index in [0.717, 1.165) is 50.0 Å². The Labute approximate surface area is 214 Å². The first-order valence-corrected chi connectivity index (χ1v) is 12.0. The number of hydrogen-bond donors (Lipinski definition) is 4. The highest BCUT2D eigenvalue weighted by molar-refractivity contribution is 5.88. The third-order valence-electron chi connectivity index (χ3n) is 6.23. The van der Waals surface area contributed by atoms with Gasteiger partial charge in [-0.25, -0.2) is 14.8 Å². The van der Waals surface area contributed by atoms with E-state index in [4.69, 9.17) is 30.1 Å². The first-order chi connectivity index (χ1) is 17.6. The molecule has 2 aliphatic heterocycles. The molecule has 1 aromatic heterocycles. The molecule has 12 nitrogen and oxygen atoms in total. The number of aliphatic carboxylic acids is 3. The number of ether oxygens (including phenoxy) is 1. The average Bonchev–Trinajstić information content (AvgIpc) is 3.38.